The Hall–Kier alpha value is -2.08. The molecule has 0 bridgehead atoms. The number of ether oxygens (including phenoxy) is 1. The van der Waals surface area contributed by atoms with Gasteiger partial charge in [0.2, 0.25) is 0 Å². The van der Waals surface area contributed by atoms with E-state index in [0.29, 0.717) is 12.8 Å². The Morgan fingerprint density at radius 2 is 1.71 bits per heavy atom. The lowest BCUT2D eigenvalue weighted by molar-refractivity contribution is -0.274. The molecular weight excluding hydrogens is 283 g/mol. The molecule has 1 atom stereocenters. The van der Waals surface area contributed by atoms with Crippen molar-refractivity contribution < 1.29 is 23.0 Å². The first-order chi connectivity index (χ1) is 9.92. The topological polar surface area (TPSA) is 42.4 Å². The molecule has 3 nitrogen and oxygen atoms in total. The Balaban J connectivity index is 1.91. The molecule has 1 N–H and O–H groups in total. The van der Waals surface area contributed by atoms with Crippen LogP contribution in [0, 0.1) is 0 Å². The zero-order valence-electron chi connectivity index (χ0n) is 11.0. The van der Waals surface area contributed by atoms with Crippen LogP contribution in [0.5, 0.6) is 5.75 Å². The van der Waals surface area contributed by atoms with Crippen molar-refractivity contribution in [2.45, 2.75) is 25.3 Å². The molecule has 0 spiro atoms. The van der Waals surface area contributed by atoms with Crippen LogP contribution in [0.15, 0.2) is 48.8 Å². The Morgan fingerprint density at radius 1 is 1.05 bits per heavy atom. The number of nitrogens with zero attached hydrogens (tertiary/aromatic N) is 1. The Bertz CT molecular complexity index is 555. The summed E-state index contributed by atoms with van der Waals surface area (Å²) in [5.41, 5.74) is 1.64. The molecular formula is C15H14F3NO2. The third-order valence-electron chi connectivity index (χ3n) is 2.82. The lowest BCUT2D eigenvalue weighted by Gasteiger charge is -2.12. The van der Waals surface area contributed by atoms with E-state index in [1.807, 2.05) is 6.07 Å². The van der Waals surface area contributed by atoms with Crippen LogP contribution in [0.4, 0.5) is 13.2 Å². The molecule has 0 fully saturated rings. The molecule has 2 aromatic rings. The highest BCUT2D eigenvalue weighted by Gasteiger charge is 2.30. The minimum absolute atomic E-state index is 0.270. The maximum atomic E-state index is 12.0. The molecule has 21 heavy (non-hydrogen) atoms. The molecule has 0 saturated heterocycles. The molecule has 2 rings (SSSR count). The van der Waals surface area contributed by atoms with E-state index in [1.165, 1.54) is 24.3 Å². The van der Waals surface area contributed by atoms with Gasteiger partial charge in [0, 0.05) is 18.8 Å². The van der Waals surface area contributed by atoms with Gasteiger partial charge in [-0.05, 0) is 35.7 Å². The molecule has 0 radical (unpaired) electrons. The molecule has 0 saturated carbocycles. The monoisotopic (exact) mass is 297 g/mol. The van der Waals surface area contributed by atoms with Crippen molar-refractivity contribution in [2.24, 2.45) is 0 Å². The number of alkyl halides is 3. The van der Waals surface area contributed by atoms with Gasteiger partial charge in [0.1, 0.15) is 5.75 Å². The van der Waals surface area contributed by atoms with Gasteiger partial charge in [0.15, 0.2) is 0 Å². The third-order valence-corrected chi connectivity index (χ3v) is 2.82. The van der Waals surface area contributed by atoms with Gasteiger partial charge in [-0.2, -0.15) is 0 Å². The van der Waals surface area contributed by atoms with E-state index in [9.17, 15) is 18.3 Å². The lowest BCUT2D eigenvalue weighted by atomic mass is 10.0. The number of halogens is 3. The number of aromatic nitrogens is 1. The van der Waals surface area contributed by atoms with Gasteiger partial charge in [0.05, 0.1) is 6.10 Å². The molecule has 1 aromatic carbocycles. The zero-order valence-corrected chi connectivity index (χ0v) is 11.0. The summed E-state index contributed by atoms with van der Waals surface area (Å²) in [6, 6.07) is 9.13. The van der Waals surface area contributed by atoms with Crippen LogP contribution >= 0.6 is 0 Å². The summed E-state index contributed by atoms with van der Waals surface area (Å²) in [7, 11) is 0. The van der Waals surface area contributed by atoms with Crippen LogP contribution in [0.1, 0.15) is 11.1 Å². The van der Waals surface area contributed by atoms with E-state index in [4.69, 9.17) is 0 Å². The quantitative estimate of drug-likeness (QED) is 0.922. The van der Waals surface area contributed by atoms with Crippen molar-refractivity contribution in [3.05, 3.63) is 59.9 Å². The second-order valence-corrected chi connectivity index (χ2v) is 4.62. The van der Waals surface area contributed by atoms with E-state index < -0.39 is 12.5 Å². The summed E-state index contributed by atoms with van der Waals surface area (Å²) in [4.78, 5) is 3.96. The van der Waals surface area contributed by atoms with Gasteiger partial charge in [-0.15, -0.1) is 13.2 Å². The van der Waals surface area contributed by atoms with Gasteiger partial charge in [-0.25, -0.2) is 0 Å². The third kappa shape index (κ3) is 5.43. The number of aliphatic hydroxyl groups excluding tert-OH is 1. The Kier molecular flexibility index (Phi) is 4.80. The van der Waals surface area contributed by atoms with Crippen LogP contribution < -0.4 is 4.74 Å². The number of hydrogen-bond donors (Lipinski definition) is 1. The minimum atomic E-state index is -4.69. The van der Waals surface area contributed by atoms with Crippen molar-refractivity contribution in [1.29, 1.82) is 0 Å². The van der Waals surface area contributed by atoms with Crippen LogP contribution in [-0.4, -0.2) is 22.6 Å². The van der Waals surface area contributed by atoms with Crippen LogP contribution in [0.2, 0.25) is 0 Å². The number of pyridine rings is 1. The molecule has 0 amide bonds. The molecule has 1 heterocycles. The fraction of sp³-hybridized carbons (Fsp3) is 0.267. The second kappa shape index (κ2) is 6.58. The summed E-state index contributed by atoms with van der Waals surface area (Å²) in [5, 5.41) is 9.97. The maximum absolute atomic E-state index is 12.0. The molecule has 0 aliphatic heterocycles. The van der Waals surface area contributed by atoms with Crippen molar-refractivity contribution in [2.75, 3.05) is 0 Å². The summed E-state index contributed by atoms with van der Waals surface area (Å²) < 4.78 is 39.9. The number of rotatable bonds is 5. The van der Waals surface area contributed by atoms with E-state index in [1.54, 1.807) is 18.5 Å². The molecule has 0 aliphatic rings. The SMILES string of the molecule is OC(Cc1ccc(OC(F)(F)F)cc1)Cc1cccnc1. The largest absolute Gasteiger partial charge is 0.573 e. The van der Waals surface area contributed by atoms with Gasteiger partial charge in [-0.3, -0.25) is 4.98 Å². The first kappa shape index (κ1) is 15.3. The number of benzene rings is 1. The Morgan fingerprint density at radius 3 is 2.29 bits per heavy atom. The van der Waals surface area contributed by atoms with E-state index >= 15 is 0 Å². The van der Waals surface area contributed by atoms with Gasteiger partial charge < -0.3 is 9.84 Å². The highest BCUT2D eigenvalue weighted by Crippen LogP contribution is 2.23. The van der Waals surface area contributed by atoms with Crippen molar-refractivity contribution in [1.82, 2.24) is 4.98 Å². The van der Waals surface area contributed by atoms with Crippen molar-refractivity contribution in [3.63, 3.8) is 0 Å². The summed E-state index contributed by atoms with van der Waals surface area (Å²) in [5.74, 6) is -0.270. The van der Waals surface area contributed by atoms with Gasteiger partial charge in [0.25, 0.3) is 0 Å². The van der Waals surface area contributed by atoms with Gasteiger partial charge >= 0.3 is 6.36 Å². The molecule has 1 aromatic heterocycles. The van der Waals surface area contributed by atoms with E-state index in [-0.39, 0.29) is 5.75 Å². The van der Waals surface area contributed by atoms with Crippen LogP contribution in [-0.2, 0) is 12.8 Å². The van der Waals surface area contributed by atoms with E-state index in [2.05, 4.69) is 9.72 Å². The predicted molar refractivity (Wildman–Crippen MR) is 70.8 cm³/mol. The summed E-state index contributed by atoms with van der Waals surface area (Å²) >= 11 is 0. The Labute approximate surface area is 120 Å². The van der Waals surface area contributed by atoms with Gasteiger partial charge in [-0.1, -0.05) is 18.2 Å². The smallest absolute Gasteiger partial charge is 0.406 e. The normalized spacial score (nSPS) is 13.0. The first-order valence-electron chi connectivity index (χ1n) is 6.34. The predicted octanol–water partition coefficient (Wildman–Crippen LogP) is 3.13. The van der Waals surface area contributed by atoms with E-state index in [0.717, 1.165) is 11.1 Å². The highest BCUT2D eigenvalue weighted by atomic mass is 19.4. The standard InChI is InChI=1S/C15H14F3NO2/c16-15(17,18)21-14-5-3-11(4-6-14)8-13(20)9-12-2-1-7-19-10-12/h1-7,10,13,20H,8-9H2. The molecule has 0 aliphatic carbocycles. The highest BCUT2D eigenvalue weighted by molar-refractivity contribution is 5.28. The van der Waals surface area contributed by atoms with Crippen molar-refractivity contribution in [3.8, 4) is 5.75 Å². The fourth-order valence-electron chi connectivity index (χ4n) is 1.96. The molecule has 112 valence electrons. The second-order valence-electron chi connectivity index (χ2n) is 4.62. The van der Waals surface area contributed by atoms with Crippen LogP contribution in [0.25, 0.3) is 0 Å². The lowest BCUT2D eigenvalue weighted by Crippen LogP contribution is -2.17. The fourth-order valence-corrected chi connectivity index (χ4v) is 1.96. The molecule has 1 unspecified atom stereocenters. The minimum Gasteiger partial charge on any atom is -0.406 e. The first-order valence-corrected chi connectivity index (χ1v) is 6.34. The number of aliphatic hydroxyl groups is 1. The van der Waals surface area contributed by atoms with Crippen molar-refractivity contribution >= 4 is 0 Å². The summed E-state index contributed by atoms with van der Waals surface area (Å²) in [6.45, 7) is 0. The maximum Gasteiger partial charge on any atom is 0.573 e. The zero-order chi connectivity index (χ0) is 15.3. The number of hydrogen-bond acceptors (Lipinski definition) is 3. The average Bonchev–Trinajstić information content (AvgIpc) is 2.40. The average molecular weight is 297 g/mol. The summed E-state index contributed by atoms with van der Waals surface area (Å²) in [6.07, 6.45) is -1.21. The van der Waals surface area contributed by atoms with Crippen LogP contribution in [0.3, 0.4) is 0 Å². The molecule has 6 heteroatoms.